The van der Waals surface area contributed by atoms with E-state index < -0.39 is 24.0 Å². The molecular formula is C42H77N5O13. The number of nitrogens with two attached hydrogens (primary N) is 1. The van der Waals surface area contributed by atoms with Gasteiger partial charge >= 0.3 is 11.9 Å². The van der Waals surface area contributed by atoms with Crippen LogP contribution in [0.5, 0.6) is 0 Å². The molecule has 0 rings (SSSR count). The van der Waals surface area contributed by atoms with Crippen molar-refractivity contribution < 1.29 is 62.7 Å². The predicted molar refractivity (Wildman–Crippen MR) is 225 cm³/mol. The Kier molecular flexibility index (Phi) is 38.2. The van der Waals surface area contributed by atoms with Gasteiger partial charge in [0.2, 0.25) is 23.6 Å². The SMILES string of the molecule is CC(=O)C(N)CCCCNC(=O)COCCOCCNC(=O)COCCOCCNC(=O)CC[C@H](NC(=O)CCCCCCCCCCCCCCCCC(=O)O)C(=O)O. The molecule has 0 heterocycles. The number of ketones is 1. The summed E-state index contributed by atoms with van der Waals surface area (Å²) < 4.78 is 21.3. The van der Waals surface area contributed by atoms with E-state index in [1.54, 1.807) is 0 Å². The molecule has 0 aromatic rings. The number of carboxylic acids is 2. The number of carbonyl (C=O) groups is 7. The fraction of sp³-hybridized carbons (Fsp3) is 0.833. The minimum absolute atomic E-state index is 0.0271. The first-order valence-corrected chi connectivity index (χ1v) is 22.0. The number of ether oxygens (including phenoxy) is 4. The van der Waals surface area contributed by atoms with Crippen molar-refractivity contribution in [3.05, 3.63) is 0 Å². The van der Waals surface area contributed by atoms with Crippen molar-refractivity contribution in [3.63, 3.8) is 0 Å². The van der Waals surface area contributed by atoms with Crippen LogP contribution in [0.2, 0.25) is 0 Å². The van der Waals surface area contributed by atoms with E-state index in [4.69, 9.17) is 29.8 Å². The van der Waals surface area contributed by atoms with E-state index in [1.165, 1.54) is 51.9 Å². The Hall–Kier alpha value is -3.71. The lowest BCUT2D eigenvalue weighted by Gasteiger charge is -2.14. The monoisotopic (exact) mass is 860 g/mol. The Labute approximate surface area is 356 Å². The highest BCUT2D eigenvalue weighted by Crippen LogP contribution is 2.14. The van der Waals surface area contributed by atoms with Crippen LogP contribution in [0, 0.1) is 0 Å². The second-order valence-corrected chi connectivity index (χ2v) is 14.9. The zero-order chi connectivity index (χ0) is 44.5. The second kappa shape index (κ2) is 40.7. The summed E-state index contributed by atoms with van der Waals surface area (Å²) in [5, 5.41) is 28.7. The van der Waals surface area contributed by atoms with Crippen LogP contribution >= 0.6 is 0 Å². The molecule has 0 radical (unpaired) electrons. The van der Waals surface area contributed by atoms with Crippen molar-refractivity contribution in [2.24, 2.45) is 5.73 Å². The minimum Gasteiger partial charge on any atom is -0.481 e. The third kappa shape index (κ3) is 39.7. The third-order valence-electron chi connectivity index (χ3n) is 9.47. The molecule has 2 atom stereocenters. The van der Waals surface area contributed by atoms with E-state index in [1.807, 2.05) is 0 Å². The van der Waals surface area contributed by atoms with Crippen molar-refractivity contribution in [1.82, 2.24) is 21.3 Å². The summed E-state index contributed by atoms with van der Waals surface area (Å²) in [6.07, 6.45) is 17.5. The van der Waals surface area contributed by atoms with Gasteiger partial charge in [0, 0.05) is 38.9 Å². The van der Waals surface area contributed by atoms with Crippen molar-refractivity contribution in [1.29, 1.82) is 0 Å². The molecular weight excluding hydrogens is 782 g/mol. The standard InChI is InChI=1S/C42H77N5O13/c1-34(48)35(43)18-16-17-23-44-39(51)32-59-30-29-58-27-25-46-40(52)33-60-31-28-57-26-24-45-37(49)22-21-36(42(55)56)47-38(50)19-14-12-10-8-6-4-2-3-5-7-9-11-13-15-20-41(53)54/h35-36H,2-33,43H2,1H3,(H,44,51)(H,45,49)(H,46,52)(H,47,50)(H,53,54)(H,55,56)/t35?,36-/m0/s1. The first-order valence-electron chi connectivity index (χ1n) is 22.0. The molecule has 348 valence electrons. The summed E-state index contributed by atoms with van der Waals surface area (Å²) in [5.41, 5.74) is 5.67. The molecule has 0 aromatic heterocycles. The van der Waals surface area contributed by atoms with Crippen LogP contribution in [0.1, 0.15) is 142 Å². The highest BCUT2D eigenvalue weighted by Gasteiger charge is 2.21. The Morgan fingerprint density at radius 2 is 0.900 bits per heavy atom. The van der Waals surface area contributed by atoms with Crippen LogP contribution < -0.4 is 27.0 Å². The molecule has 0 spiro atoms. The average molecular weight is 860 g/mol. The van der Waals surface area contributed by atoms with Gasteiger partial charge in [0.15, 0.2) is 0 Å². The number of Topliss-reactive ketones (excluding diaryl/α,β-unsaturated/α-hetero) is 1. The fourth-order valence-electron chi connectivity index (χ4n) is 5.89. The van der Waals surface area contributed by atoms with E-state index >= 15 is 0 Å². The lowest BCUT2D eigenvalue weighted by molar-refractivity contribution is -0.142. The van der Waals surface area contributed by atoms with Gasteiger partial charge in [-0.1, -0.05) is 77.0 Å². The van der Waals surface area contributed by atoms with E-state index in [0.717, 1.165) is 51.4 Å². The largest absolute Gasteiger partial charge is 0.481 e. The topological polar surface area (TPSA) is 271 Å². The third-order valence-corrected chi connectivity index (χ3v) is 9.47. The molecule has 0 aromatic carbocycles. The molecule has 1 unspecified atom stereocenters. The van der Waals surface area contributed by atoms with Gasteiger partial charge in [0.25, 0.3) is 0 Å². The van der Waals surface area contributed by atoms with Gasteiger partial charge in [-0.2, -0.15) is 0 Å². The van der Waals surface area contributed by atoms with Crippen molar-refractivity contribution in [3.8, 4) is 0 Å². The second-order valence-electron chi connectivity index (χ2n) is 14.9. The zero-order valence-electron chi connectivity index (χ0n) is 36.2. The van der Waals surface area contributed by atoms with Gasteiger partial charge in [-0.3, -0.25) is 28.8 Å². The van der Waals surface area contributed by atoms with Gasteiger partial charge in [-0.05, 0) is 45.4 Å². The number of carbonyl (C=O) groups excluding carboxylic acids is 5. The van der Waals surface area contributed by atoms with E-state index in [2.05, 4.69) is 21.3 Å². The summed E-state index contributed by atoms with van der Waals surface area (Å²) >= 11 is 0. The summed E-state index contributed by atoms with van der Waals surface area (Å²) in [4.78, 5) is 81.4. The normalized spacial score (nSPS) is 12.0. The summed E-state index contributed by atoms with van der Waals surface area (Å²) in [6.45, 7) is 3.49. The molecule has 0 saturated carbocycles. The average Bonchev–Trinajstić information content (AvgIpc) is 3.20. The summed E-state index contributed by atoms with van der Waals surface area (Å²) in [7, 11) is 0. The molecule has 0 aliphatic rings. The fourth-order valence-corrected chi connectivity index (χ4v) is 5.89. The Morgan fingerprint density at radius 3 is 1.37 bits per heavy atom. The number of unbranched alkanes of at least 4 members (excludes halogenated alkanes) is 14. The van der Waals surface area contributed by atoms with Crippen molar-refractivity contribution in [2.75, 3.05) is 72.5 Å². The van der Waals surface area contributed by atoms with E-state index in [0.29, 0.717) is 19.4 Å². The Morgan fingerprint density at radius 1 is 0.467 bits per heavy atom. The molecule has 18 heteroatoms. The Balaban J connectivity index is 3.65. The predicted octanol–water partition coefficient (Wildman–Crippen LogP) is 3.16. The molecule has 18 nitrogen and oxygen atoms in total. The smallest absolute Gasteiger partial charge is 0.326 e. The number of aliphatic carboxylic acids is 2. The van der Waals surface area contributed by atoms with Gasteiger partial charge in [-0.15, -0.1) is 0 Å². The van der Waals surface area contributed by atoms with Crippen LogP contribution in [0.25, 0.3) is 0 Å². The lowest BCUT2D eigenvalue weighted by atomic mass is 10.0. The van der Waals surface area contributed by atoms with Crippen LogP contribution in [-0.2, 0) is 52.5 Å². The van der Waals surface area contributed by atoms with Gasteiger partial charge < -0.3 is 56.2 Å². The highest BCUT2D eigenvalue weighted by molar-refractivity contribution is 5.84. The first-order chi connectivity index (χ1) is 28.9. The van der Waals surface area contributed by atoms with Crippen LogP contribution in [0.15, 0.2) is 0 Å². The number of nitrogens with one attached hydrogen (secondary N) is 4. The molecule has 60 heavy (non-hydrogen) atoms. The quantitative estimate of drug-likeness (QED) is 0.0434. The first kappa shape index (κ1) is 56.3. The number of carboxylic acid groups (broad SMARTS) is 2. The van der Waals surface area contributed by atoms with Crippen LogP contribution in [-0.4, -0.2) is 136 Å². The zero-order valence-corrected chi connectivity index (χ0v) is 36.2. The maximum absolute atomic E-state index is 12.3. The van der Waals surface area contributed by atoms with E-state index in [9.17, 15) is 38.7 Å². The summed E-state index contributed by atoms with van der Waals surface area (Å²) in [5.74, 6) is -3.19. The Bertz CT molecular complexity index is 1180. The number of amides is 4. The van der Waals surface area contributed by atoms with Crippen molar-refractivity contribution >= 4 is 41.4 Å². The van der Waals surface area contributed by atoms with Gasteiger partial charge in [0.1, 0.15) is 25.0 Å². The maximum atomic E-state index is 12.3. The molecule has 0 bridgehead atoms. The molecule has 8 N–H and O–H groups in total. The highest BCUT2D eigenvalue weighted by atomic mass is 16.5. The number of hydrogen-bond acceptors (Lipinski definition) is 12. The van der Waals surface area contributed by atoms with Crippen LogP contribution in [0.4, 0.5) is 0 Å². The summed E-state index contributed by atoms with van der Waals surface area (Å²) in [6, 6.07) is -1.59. The van der Waals surface area contributed by atoms with Gasteiger partial charge in [0.05, 0.1) is 45.7 Å². The lowest BCUT2D eigenvalue weighted by Crippen LogP contribution is -2.41. The molecule has 0 fully saturated rings. The molecule has 0 saturated heterocycles. The number of rotatable bonds is 44. The van der Waals surface area contributed by atoms with E-state index in [-0.39, 0.29) is 121 Å². The molecule has 4 amide bonds. The maximum Gasteiger partial charge on any atom is 0.326 e. The molecule has 0 aliphatic heterocycles. The van der Waals surface area contributed by atoms with Crippen molar-refractivity contribution in [2.45, 2.75) is 154 Å². The van der Waals surface area contributed by atoms with Gasteiger partial charge in [-0.25, -0.2) is 4.79 Å². The number of hydrogen-bond donors (Lipinski definition) is 7. The minimum atomic E-state index is -1.18. The van der Waals surface area contributed by atoms with Crippen LogP contribution in [0.3, 0.4) is 0 Å². The molecule has 0 aliphatic carbocycles.